The predicted octanol–water partition coefficient (Wildman–Crippen LogP) is 2.75. The normalized spacial score (nSPS) is 12.1. The highest BCUT2D eigenvalue weighted by molar-refractivity contribution is 6.29. The Kier molecular flexibility index (Phi) is 4.77. The number of ether oxygens (including phenoxy) is 1. The van der Waals surface area contributed by atoms with E-state index in [9.17, 15) is 10.1 Å². The Morgan fingerprint density at radius 1 is 1.57 bits per heavy atom. The number of rotatable bonds is 6. The van der Waals surface area contributed by atoms with Gasteiger partial charge in [-0.3, -0.25) is 10.1 Å². The van der Waals surface area contributed by atoms with Gasteiger partial charge in [0.15, 0.2) is 0 Å². The van der Waals surface area contributed by atoms with Crippen LogP contribution in [0, 0.1) is 10.1 Å². The lowest BCUT2D eigenvalue weighted by atomic mass is 10.1. The number of halogens is 1. The van der Waals surface area contributed by atoms with Crippen molar-refractivity contribution >= 4 is 17.3 Å². The molecule has 0 bridgehead atoms. The van der Waals surface area contributed by atoms with Crippen molar-refractivity contribution in [1.29, 1.82) is 0 Å². The number of aromatic amines is 1. The Morgan fingerprint density at radius 2 is 2.33 bits per heavy atom. The van der Waals surface area contributed by atoms with Crippen LogP contribution in [0.2, 0.25) is 5.15 Å². The van der Waals surface area contributed by atoms with Gasteiger partial charge in [0.1, 0.15) is 16.7 Å². The lowest BCUT2D eigenvalue weighted by molar-refractivity contribution is -0.384. The molecule has 112 valence electrons. The van der Waals surface area contributed by atoms with Gasteiger partial charge in [-0.15, -0.1) is 0 Å². The zero-order chi connectivity index (χ0) is 15.4. The molecule has 0 amide bonds. The number of nitrogens with one attached hydrogen (secondary N) is 1. The second-order valence-corrected chi connectivity index (χ2v) is 4.93. The Bertz CT molecular complexity index is 644. The zero-order valence-electron chi connectivity index (χ0n) is 11.4. The first-order valence-corrected chi connectivity index (χ1v) is 6.75. The molecule has 21 heavy (non-hydrogen) atoms. The van der Waals surface area contributed by atoms with Gasteiger partial charge < -0.3 is 15.5 Å². The number of imidazole rings is 1. The topological polar surface area (TPSA) is 107 Å². The fourth-order valence-electron chi connectivity index (χ4n) is 1.86. The van der Waals surface area contributed by atoms with Crippen LogP contribution in [0.4, 0.5) is 5.69 Å². The Morgan fingerprint density at radius 3 is 2.90 bits per heavy atom. The number of non-ortho nitro benzene ring substituents is 1. The fraction of sp³-hybridized carbons (Fsp3) is 0.308. The summed E-state index contributed by atoms with van der Waals surface area (Å²) in [5, 5.41) is 11.3. The summed E-state index contributed by atoms with van der Waals surface area (Å²) in [4.78, 5) is 17.4. The molecule has 1 heterocycles. The predicted molar refractivity (Wildman–Crippen MR) is 79.4 cm³/mol. The number of H-pyrrole nitrogens is 1. The summed E-state index contributed by atoms with van der Waals surface area (Å²) in [6.07, 6.45) is 1.94. The van der Waals surface area contributed by atoms with E-state index in [0.29, 0.717) is 35.3 Å². The third kappa shape index (κ3) is 3.71. The molecule has 0 aliphatic rings. The minimum Gasteiger partial charge on any atom is -0.490 e. The average Bonchev–Trinajstić information content (AvgIpc) is 2.85. The van der Waals surface area contributed by atoms with E-state index in [4.69, 9.17) is 22.1 Å². The Labute approximate surface area is 126 Å². The third-order valence-corrected chi connectivity index (χ3v) is 3.07. The van der Waals surface area contributed by atoms with E-state index < -0.39 is 4.92 Å². The number of nitro benzene ring substituents is 1. The molecule has 0 spiro atoms. The number of nitrogens with zero attached hydrogens (tertiary/aromatic N) is 2. The summed E-state index contributed by atoms with van der Waals surface area (Å²) in [6, 6.07) is 4.35. The summed E-state index contributed by atoms with van der Waals surface area (Å²) in [5.74, 6) is 0.862. The smallest absolute Gasteiger partial charge is 0.273 e. The summed E-state index contributed by atoms with van der Waals surface area (Å²) < 4.78 is 5.75. The molecule has 1 aromatic carbocycles. The van der Waals surface area contributed by atoms with Gasteiger partial charge in [0.25, 0.3) is 5.69 Å². The van der Waals surface area contributed by atoms with Crippen LogP contribution in [-0.2, 0) is 0 Å². The number of nitro groups is 1. The van der Waals surface area contributed by atoms with E-state index in [-0.39, 0.29) is 11.8 Å². The summed E-state index contributed by atoms with van der Waals surface area (Å²) in [5.41, 5.74) is 6.05. The first kappa shape index (κ1) is 15.3. The monoisotopic (exact) mass is 310 g/mol. The first-order valence-electron chi connectivity index (χ1n) is 6.37. The van der Waals surface area contributed by atoms with Crippen molar-refractivity contribution in [2.75, 3.05) is 6.54 Å². The van der Waals surface area contributed by atoms with E-state index >= 15 is 0 Å². The van der Waals surface area contributed by atoms with E-state index in [0.717, 1.165) is 0 Å². The van der Waals surface area contributed by atoms with Crippen LogP contribution in [-0.4, -0.2) is 27.5 Å². The van der Waals surface area contributed by atoms with Gasteiger partial charge in [-0.1, -0.05) is 11.6 Å². The van der Waals surface area contributed by atoms with Gasteiger partial charge in [-0.2, -0.15) is 0 Å². The highest BCUT2D eigenvalue weighted by Crippen LogP contribution is 2.33. The number of hydrogen-bond acceptors (Lipinski definition) is 5. The largest absolute Gasteiger partial charge is 0.490 e. The molecule has 2 aromatic rings. The molecule has 0 radical (unpaired) electrons. The van der Waals surface area contributed by atoms with Crippen molar-refractivity contribution in [3.8, 4) is 17.1 Å². The van der Waals surface area contributed by atoms with E-state index in [2.05, 4.69) is 9.97 Å². The second-order valence-electron chi connectivity index (χ2n) is 4.52. The number of hydrogen-bond donors (Lipinski definition) is 2. The van der Waals surface area contributed by atoms with Crippen molar-refractivity contribution in [1.82, 2.24) is 9.97 Å². The quantitative estimate of drug-likeness (QED) is 0.630. The van der Waals surface area contributed by atoms with Gasteiger partial charge >= 0.3 is 0 Å². The van der Waals surface area contributed by atoms with Gasteiger partial charge in [0, 0.05) is 6.07 Å². The van der Waals surface area contributed by atoms with E-state index in [1.54, 1.807) is 6.07 Å². The SMILES string of the molecule is CC(CCN)Oc1cc([N+](=O)[O-])ccc1-c1ncc(Cl)[nH]1. The van der Waals surface area contributed by atoms with Crippen LogP contribution >= 0.6 is 11.6 Å². The molecule has 7 nitrogen and oxygen atoms in total. The van der Waals surface area contributed by atoms with Crippen molar-refractivity contribution in [2.24, 2.45) is 5.73 Å². The molecule has 0 aliphatic carbocycles. The van der Waals surface area contributed by atoms with Crippen molar-refractivity contribution < 1.29 is 9.66 Å². The molecule has 8 heteroatoms. The molecule has 0 saturated heterocycles. The zero-order valence-corrected chi connectivity index (χ0v) is 12.1. The molecular formula is C13H15ClN4O3. The first-order chi connectivity index (χ1) is 10.0. The maximum Gasteiger partial charge on any atom is 0.273 e. The van der Waals surface area contributed by atoms with Crippen LogP contribution in [0.5, 0.6) is 5.75 Å². The van der Waals surface area contributed by atoms with Crippen LogP contribution < -0.4 is 10.5 Å². The van der Waals surface area contributed by atoms with Gasteiger partial charge in [0.05, 0.1) is 28.9 Å². The lowest BCUT2D eigenvalue weighted by Gasteiger charge is -2.16. The molecule has 0 fully saturated rings. The maximum absolute atomic E-state index is 10.9. The van der Waals surface area contributed by atoms with Gasteiger partial charge in [-0.25, -0.2) is 4.98 Å². The standard InChI is InChI=1S/C13H15ClN4O3/c1-8(4-5-15)21-11-6-9(18(19)20)2-3-10(11)13-16-7-12(14)17-13/h2-3,6-8H,4-5,15H2,1H3,(H,16,17). The molecule has 1 atom stereocenters. The second kappa shape index (κ2) is 6.55. The third-order valence-electron chi connectivity index (χ3n) is 2.88. The average molecular weight is 311 g/mol. The summed E-state index contributed by atoms with van der Waals surface area (Å²) >= 11 is 5.82. The molecule has 1 unspecified atom stereocenters. The van der Waals surface area contributed by atoms with Crippen molar-refractivity contribution in [3.63, 3.8) is 0 Å². The van der Waals surface area contributed by atoms with Crippen LogP contribution in [0.25, 0.3) is 11.4 Å². The Balaban J connectivity index is 2.41. The highest BCUT2D eigenvalue weighted by Gasteiger charge is 2.17. The number of aromatic nitrogens is 2. The van der Waals surface area contributed by atoms with Gasteiger partial charge in [-0.05, 0) is 26.0 Å². The van der Waals surface area contributed by atoms with Crippen LogP contribution in [0.3, 0.4) is 0 Å². The van der Waals surface area contributed by atoms with Crippen LogP contribution in [0.1, 0.15) is 13.3 Å². The molecule has 0 saturated carbocycles. The number of nitrogens with two attached hydrogens (primary N) is 1. The highest BCUT2D eigenvalue weighted by atomic mass is 35.5. The lowest BCUT2D eigenvalue weighted by Crippen LogP contribution is -2.17. The molecule has 0 aliphatic heterocycles. The van der Waals surface area contributed by atoms with Crippen LogP contribution in [0.15, 0.2) is 24.4 Å². The van der Waals surface area contributed by atoms with Crippen molar-refractivity contribution in [2.45, 2.75) is 19.4 Å². The maximum atomic E-state index is 10.9. The minimum atomic E-state index is -0.473. The number of benzene rings is 1. The van der Waals surface area contributed by atoms with E-state index in [1.807, 2.05) is 6.92 Å². The Hall–Kier alpha value is -2.12. The minimum absolute atomic E-state index is 0.0497. The summed E-state index contributed by atoms with van der Waals surface area (Å²) in [6.45, 7) is 2.32. The molecule has 2 rings (SSSR count). The fourth-order valence-corrected chi connectivity index (χ4v) is 2.00. The summed E-state index contributed by atoms with van der Waals surface area (Å²) in [7, 11) is 0. The molecule has 3 N–H and O–H groups in total. The van der Waals surface area contributed by atoms with E-state index in [1.165, 1.54) is 18.3 Å². The van der Waals surface area contributed by atoms with Crippen molar-refractivity contribution in [3.05, 3.63) is 39.7 Å². The van der Waals surface area contributed by atoms with Gasteiger partial charge in [0.2, 0.25) is 0 Å². The molecular weight excluding hydrogens is 296 g/mol. The molecule has 1 aromatic heterocycles.